The maximum absolute atomic E-state index is 11.2. The van der Waals surface area contributed by atoms with E-state index in [4.69, 9.17) is 15.4 Å². The van der Waals surface area contributed by atoms with Gasteiger partial charge < -0.3 is 4.74 Å². The molecule has 0 bridgehead atoms. The quantitative estimate of drug-likeness (QED) is 0.702. The van der Waals surface area contributed by atoms with Crippen LogP contribution < -0.4 is 0 Å². The Morgan fingerprint density at radius 3 is 2.21 bits per heavy atom. The van der Waals surface area contributed by atoms with E-state index >= 15 is 0 Å². The Morgan fingerprint density at radius 2 is 2.00 bits per heavy atom. The summed E-state index contributed by atoms with van der Waals surface area (Å²) in [6.45, 7) is 3.67. The molecule has 82 valence electrons. The van der Waals surface area contributed by atoms with Crippen molar-refractivity contribution in [2.75, 3.05) is 6.54 Å². The van der Waals surface area contributed by atoms with Crippen molar-refractivity contribution < 1.29 is 17.9 Å². The van der Waals surface area contributed by atoms with E-state index in [1.807, 2.05) is 13.8 Å². The zero-order valence-corrected chi connectivity index (χ0v) is 9.56. The second-order valence-electron chi connectivity index (χ2n) is 3.21. The highest BCUT2D eigenvalue weighted by molar-refractivity contribution is 8.12. The fourth-order valence-corrected chi connectivity index (χ4v) is 2.30. The number of nitrogens with zero attached hydrogens (tertiary/aromatic N) is 1. The molecule has 1 aliphatic heterocycles. The van der Waals surface area contributed by atoms with Gasteiger partial charge in [-0.25, -0.2) is 4.79 Å². The normalized spacial score (nSPS) is 21.1. The summed E-state index contributed by atoms with van der Waals surface area (Å²) in [5.74, 6) is 0. The standard InChI is InChI=1S/C7H12ClNO4S/c1-3-7(4-2)5-9(6(10)13-7)14(8,11)12/h3-5H2,1-2H3. The van der Waals surface area contributed by atoms with Gasteiger partial charge in [-0.2, -0.15) is 12.7 Å². The molecule has 1 amide bonds. The van der Waals surface area contributed by atoms with E-state index in [1.54, 1.807) is 0 Å². The molecular formula is C7H12ClNO4S. The third-order valence-corrected chi connectivity index (χ3v) is 3.80. The van der Waals surface area contributed by atoms with Crippen molar-refractivity contribution in [3.8, 4) is 0 Å². The molecule has 0 aliphatic carbocycles. The zero-order valence-electron chi connectivity index (χ0n) is 7.99. The SMILES string of the molecule is CCC1(CC)CN(S(=O)(=O)Cl)C(=O)O1. The summed E-state index contributed by atoms with van der Waals surface area (Å²) in [5.41, 5.74) is -0.709. The lowest BCUT2D eigenvalue weighted by atomic mass is 9.98. The van der Waals surface area contributed by atoms with Crippen LogP contribution in [0.5, 0.6) is 0 Å². The smallest absolute Gasteiger partial charge is 0.425 e. The lowest BCUT2D eigenvalue weighted by molar-refractivity contribution is 0.0504. The summed E-state index contributed by atoms with van der Waals surface area (Å²) in [7, 11) is 1.06. The van der Waals surface area contributed by atoms with Gasteiger partial charge >= 0.3 is 15.3 Å². The number of hydrogen-bond acceptors (Lipinski definition) is 4. The Labute approximate surface area is 87.5 Å². The molecule has 1 rings (SSSR count). The zero-order chi connectivity index (χ0) is 11.0. The Bertz CT molecular complexity index is 336. The van der Waals surface area contributed by atoms with Crippen LogP contribution in [0.4, 0.5) is 4.79 Å². The molecule has 0 atom stereocenters. The minimum absolute atomic E-state index is 0.00463. The summed E-state index contributed by atoms with van der Waals surface area (Å²) < 4.78 is 27.5. The molecule has 1 heterocycles. The molecule has 0 aromatic heterocycles. The van der Waals surface area contributed by atoms with Crippen LogP contribution in [0.3, 0.4) is 0 Å². The predicted molar refractivity (Wildman–Crippen MR) is 51.3 cm³/mol. The average molecular weight is 242 g/mol. The monoisotopic (exact) mass is 241 g/mol. The van der Waals surface area contributed by atoms with Crippen LogP contribution in [0.25, 0.3) is 0 Å². The van der Waals surface area contributed by atoms with Crippen molar-refractivity contribution in [3.05, 3.63) is 0 Å². The first-order valence-electron chi connectivity index (χ1n) is 4.30. The van der Waals surface area contributed by atoms with Crippen LogP contribution in [0.1, 0.15) is 26.7 Å². The third-order valence-electron chi connectivity index (χ3n) is 2.49. The first-order chi connectivity index (χ1) is 6.34. The predicted octanol–water partition coefficient (Wildman–Crippen LogP) is 1.48. The van der Waals surface area contributed by atoms with E-state index in [2.05, 4.69) is 0 Å². The minimum atomic E-state index is -4.01. The van der Waals surface area contributed by atoms with Crippen molar-refractivity contribution in [1.82, 2.24) is 4.31 Å². The maximum atomic E-state index is 11.2. The molecule has 1 aliphatic rings. The van der Waals surface area contributed by atoms with E-state index < -0.39 is 20.9 Å². The summed E-state index contributed by atoms with van der Waals surface area (Å²) in [6, 6.07) is 0. The number of cyclic esters (lactones) is 1. The fourth-order valence-electron chi connectivity index (χ4n) is 1.38. The molecule has 0 spiro atoms. The van der Waals surface area contributed by atoms with E-state index in [-0.39, 0.29) is 6.54 Å². The summed E-state index contributed by atoms with van der Waals surface area (Å²) in [4.78, 5) is 11.2. The van der Waals surface area contributed by atoms with Crippen molar-refractivity contribution in [2.24, 2.45) is 0 Å². The van der Waals surface area contributed by atoms with Gasteiger partial charge in [-0.3, -0.25) is 0 Å². The summed E-state index contributed by atoms with van der Waals surface area (Å²) >= 11 is 0. The van der Waals surface area contributed by atoms with Crippen LogP contribution in [-0.2, 0) is 14.0 Å². The number of rotatable bonds is 3. The van der Waals surface area contributed by atoms with Crippen LogP contribution in [0.15, 0.2) is 0 Å². The molecular weight excluding hydrogens is 230 g/mol. The first kappa shape index (κ1) is 11.6. The Kier molecular flexibility index (Phi) is 2.96. The second-order valence-corrected chi connectivity index (χ2v) is 5.64. The molecule has 0 aromatic rings. The molecule has 1 fully saturated rings. The molecule has 0 saturated carbocycles. The number of amides is 1. The van der Waals surface area contributed by atoms with Gasteiger partial charge in [0.2, 0.25) is 0 Å². The van der Waals surface area contributed by atoms with Crippen molar-refractivity contribution in [3.63, 3.8) is 0 Å². The van der Waals surface area contributed by atoms with E-state index in [1.165, 1.54) is 0 Å². The van der Waals surface area contributed by atoms with Gasteiger partial charge in [0.25, 0.3) is 0 Å². The van der Waals surface area contributed by atoms with E-state index in [0.29, 0.717) is 17.1 Å². The highest BCUT2D eigenvalue weighted by Crippen LogP contribution is 2.31. The Balaban J connectivity index is 2.94. The third kappa shape index (κ3) is 1.95. The second kappa shape index (κ2) is 3.58. The molecule has 1 saturated heterocycles. The minimum Gasteiger partial charge on any atom is -0.440 e. The van der Waals surface area contributed by atoms with Crippen molar-refractivity contribution >= 4 is 26.0 Å². The topological polar surface area (TPSA) is 63.7 Å². The number of halogens is 1. The van der Waals surface area contributed by atoms with Crippen LogP contribution in [0.2, 0.25) is 0 Å². The highest BCUT2D eigenvalue weighted by atomic mass is 35.7. The molecule has 0 aromatic carbocycles. The van der Waals surface area contributed by atoms with Crippen LogP contribution in [-0.4, -0.2) is 31.0 Å². The van der Waals surface area contributed by atoms with Gasteiger partial charge in [0, 0.05) is 10.7 Å². The van der Waals surface area contributed by atoms with Crippen LogP contribution >= 0.6 is 10.7 Å². The van der Waals surface area contributed by atoms with E-state index in [9.17, 15) is 13.2 Å². The summed E-state index contributed by atoms with van der Waals surface area (Å²) in [5, 5.41) is 0. The largest absolute Gasteiger partial charge is 0.440 e. The number of carbonyl (C=O) groups excluding carboxylic acids is 1. The van der Waals surface area contributed by atoms with Gasteiger partial charge in [0.1, 0.15) is 5.60 Å². The van der Waals surface area contributed by atoms with Crippen molar-refractivity contribution in [2.45, 2.75) is 32.3 Å². The maximum Gasteiger partial charge on any atom is 0.425 e. The van der Waals surface area contributed by atoms with Gasteiger partial charge in [-0.1, -0.05) is 13.8 Å². The molecule has 0 radical (unpaired) electrons. The Morgan fingerprint density at radius 1 is 1.50 bits per heavy atom. The fraction of sp³-hybridized carbons (Fsp3) is 0.857. The van der Waals surface area contributed by atoms with Gasteiger partial charge in [-0.05, 0) is 12.8 Å². The van der Waals surface area contributed by atoms with Gasteiger partial charge in [0.15, 0.2) is 0 Å². The molecule has 0 unspecified atom stereocenters. The lowest BCUT2D eigenvalue weighted by Gasteiger charge is -2.22. The van der Waals surface area contributed by atoms with E-state index in [0.717, 1.165) is 0 Å². The number of carbonyl (C=O) groups is 1. The highest BCUT2D eigenvalue weighted by Gasteiger charge is 2.47. The summed E-state index contributed by atoms with van der Waals surface area (Å²) in [6.07, 6.45) is 0.250. The molecule has 5 nitrogen and oxygen atoms in total. The van der Waals surface area contributed by atoms with Gasteiger partial charge in [-0.15, -0.1) is 0 Å². The first-order valence-corrected chi connectivity index (χ1v) is 6.56. The van der Waals surface area contributed by atoms with Crippen molar-refractivity contribution in [1.29, 1.82) is 0 Å². The number of hydrogen-bond donors (Lipinski definition) is 0. The lowest BCUT2D eigenvalue weighted by Crippen LogP contribution is -2.34. The molecule has 7 heteroatoms. The molecule has 0 N–H and O–H groups in total. The Hall–Kier alpha value is -0.490. The molecule has 14 heavy (non-hydrogen) atoms. The van der Waals surface area contributed by atoms with Gasteiger partial charge in [0.05, 0.1) is 6.54 Å². The average Bonchev–Trinajstić information content (AvgIpc) is 2.43. The number of ether oxygens (including phenoxy) is 1. The van der Waals surface area contributed by atoms with Crippen LogP contribution in [0, 0.1) is 0 Å².